The second-order valence-corrected chi connectivity index (χ2v) is 2.62. The van der Waals surface area contributed by atoms with Crippen molar-refractivity contribution in [2.75, 3.05) is 0 Å². The van der Waals surface area contributed by atoms with Gasteiger partial charge in [0.15, 0.2) is 0 Å². The Kier molecular flexibility index (Phi) is 2.77. The molecule has 1 amide bonds. The number of aromatic nitrogens is 1. The van der Waals surface area contributed by atoms with E-state index < -0.39 is 23.6 Å². The first-order valence-electron chi connectivity index (χ1n) is 3.26. The van der Waals surface area contributed by atoms with Crippen LogP contribution in [0.5, 0.6) is 0 Å². The summed E-state index contributed by atoms with van der Waals surface area (Å²) in [7, 11) is 0. The summed E-state index contributed by atoms with van der Waals surface area (Å²) in [4.78, 5) is 14.1. The molecule has 1 rings (SSSR count). The molecule has 2 N–H and O–H groups in total. The lowest BCUT2D eigenvalue weighted by atomic mass is 10.2. The lowest BCUT2D eigenvalue weighted by Crippen LogP contribution is -2.16. The van der Waals surface area contributed by atoms with Gasteiger partial charge in [0.25, 0.3) is 12.3 Å². The highest BCUT2D eigenvalue weighted by Gasteiger charge is 2.17. The number of halogens is 3. The first-order chi connectivity index (χ1) is 6.02. The predicted octanol–water partition coefficient (Wildman–Crippen LogP) is 1.77. The number of carbonyl (C=O) groups is 1. The molecule has 3 nitrogen and oxygen atoms in total. The highest BCUT2D eigenvalue weighted by Crippen LogP contribution is 2.22. The standard InChI is InChI=1S/C7H5ClF2N2O/c8-4-2-1-3(6(9)10)5(12-4)7(11)13/h1-2,6H,(H2,11,13). The highest BCUT2D eigenvalue weighted by molar-refractivity contribution is 6.29. The van der Waals surface area contributed by atoms with E-state index in [4.69, 9.17) is 17.3 Å². The van der Waals surface area contributed by atoms with Gasteiger partial charge in [-0.2, -0.15) is 0 Å². The van der Waals surface area contributed by atoms with Crippen molar-refractivity contribution in [2.45, 2.75) is 6.43 Å². The molecule has 0 saturated carbocycles. The largest absolute Gasteiger partial charge is 0.364 e. The van der Waals surface area contributed by atoms with Gasteiger partial charge in [0, 0.05) is 5.56 Å². The van der Waals surface area contributed by atoms with Crippen molar-refractivity contribution < 1.29 is 13.6 Å². The van der Waals surface area contributed by atoms with E-state index in [1.165, 1.54) is 6.07 Å². The Morgan fingerprint density at radius 2 is 2.15 bits per heavy atom. The van der Waals surface area contributed by atoms with E-state index in [9.17, 15) is 13.6 Å². The molecule has 0 aliphatic rings. The van der Waals surface area contributed by atoms with E-state index in [2.05, 4.69) is 4.98 Å². The van der Waals surface area contributed by atoms with Gasteiger partial charge in [-0.3, -0.25) is 4.79 Å². The minimum atomic E-state index is -2.78. The summed E-state index contributed by atoms with van der Waals surface area (Å²) in [5.41, 5.74) is 3.84. The van der Waals surface area contributed by atoms with Crippen LogP contribution in [0.1, 0.15) is 22.5 Å². The van der Waals surface area contributed by atoms with Gasteiger partial charge < -0.3 is 5.73 Å². The van der Waals surface area contributed by atoms with Crippen molar-refractivity contribution in [1.29, 1.82) is 0 Å². The van der Waals surface area contributed by atoms with E-state index in [0.29, 0.717) is 0 Å². The normalized spacial score (nSPS) is 10.5. The Morgan fingerprint density at radius 3 is 2.62 bits per heavy atom. The van der Waals surface area contributed by atoms with Crippen LogP contribution in [-0.4, -0.2) is 10.9 Å². The van der Waals surface area contributed by atoms with Crippen molar-refractivity contribution in [3.05, 3.63) is 28.5 Å². The predicted molar refractivity (Wildman–Crippen MR) is 42.7 cm³/mol. The molecule has 0 unspecified atom stereocenters. The number of amides is 1. The zero-order chi connectivity index (χ0) is 10.0. The topological polar surface area (TPSA) is 56.0 Å². The van der Waals surface area contributed by atoms with Crippen molar-refractivity contribution in [3.8, 4) is 0 Å². The van der Waals surface area contributed by atoms with Crippen LogP contribution in [0.3, 0.4) is 0 Å². The summed E-state index contributed by atoms with van der Waals surface area (Å²) in [5, 5.41) is -0.0433. The number of nitrogens with zero attached hydrogens (tertiary/aromatic N) is 1. The van der Waals surface area contributed by atoms with Gasteiger partial charge in [0.1, 0.15) is 10.8 Å². The third kappa shape index (κ3) is 2.12. The fraction of sp³-hybridized carbons (Fsp3) is 0.143. The number of alkyl halides is 2. The number of pyridine rings is 1. The number of hydrogen-bond acceptors (Lipinski definition) is 2. The summed E-state index contributed by atoms with van der Waals surface area (Å²) >= 11 is 5.40. The number of rotatable bonds is 2. The van der Waals surface area contributed by atoms with E-state index in [0.717, 1.165) is 6.07 Å². The number of hydrogen-bond donors (Lipinski definition) is 1. The molecule has 1 aromatic heterocycles. The minimum Gasteiger partial charge on any atom is -0.364 e. The summed E-state index contributed by atoms with van der Waals surface area (Å²) in [5.74, 6) is -1.02. The molecule has 1 aromatic rings. The molecule has 0 radical (unpaired) electrons. The maximum Gasteiger partial charge on any atom is 0.267 e. The lowest BCUT2D eigenvalue weighted by Gasteiger charge is -2.03. The molecular weight excluding hydrogens is 202 g/mol. The van der Waals surface area contributed by atoms with E-state index in [1.54, 1.807) is 0 Å². The molecule has 0 saturated heterocycles. The van der Waals surface area contributed by atoms with E-state index in [-0.39, 0.29) is 5.15 Å². The molecule has 0 aromatic carbocycles. The molecule has 0 bridgehead atoms. The van der Waals surface area contributed by atoms with Crippen LogP contribution in [0.2, 0.25) is 5.15 Å². The second-order valence-electron chi connectivity index (χ2n) is 2.24. The van der Waals surface area contributed by atoms with Crippen molar-refractivity contribution in [2.24, 2.45) is 5.73 Å². The molecule has 0 atom stereocenters. The second kappa shape index (κ2) is 3.66. The molecule has 0 aliphatic heterocycles. The number of nitrogens with two attached hydrogens (primary N) is 1. The average Bonchev–Trinajstić information content (AvgIpc) is 2.03. The molecule has 0 aliphatic carbocycles. The Balaban J connectivity index is 3.27. The monoisotopic (exact) mass is 206 g/mol. The van der Waals surface area contributed by atoms with Crippen molar-refractivity contribution in [3.63, 3.8) is 0 Å². The third-order valence-corrected chi connectivity index (χ3v) is 1.57. The van der Waals surface area contributed by atoms with Gasteiger partial charge in [0.2, 0.25) is 0 Å². The zero-order valence-electron chi connectivity index (χ0n) is 6.30. The maximum absolute atomic E-state index is 12.2. The van der Waals surface area contributed by atoms with Crippen molar-refractivity contribution >= 4 is 17.5 Å². The molecule has 0 spiro atoms. The SMILES string of the molecule is NC(=O)c1nc(Cl)ccc1C(F)F. The first-order valence-corrected chi connectivity index (χ1v) is 3.64. The van der Waals surface area contributed by atoms with Crippen molar-refractivity contribution in [1.82, 2.24) is 4.98 Å². The molecular formula is C7H5ClF2N2O. The summed E-state index contributed by atoms with van der Waals surface area (Å²) in [6, 6.07) is 2.20. The van der Waals surface area contributed by atoms with E-state index in [1.807, 2.05) is 0 Å². The summed E-state index contributed by atoms with van der Waals surface area (Å²) in [6.07, 6.45) is -2.78. The smallest absolute Gasteiger partial charge is 0.267 e. The van der Waals surface area contributed by atoms with Crippen LogP contribution in [-0.2, 0) is 0 Å². The Labute approximate surface area is 77.5 Å². The van der Waals surface area contributed by atoms with Crippen LogP contribution in [0, 0.1) is 0 Å². The molecule has 70 valence electrons. The Bertz CT molecular complexity index is 343. The van der Waals surface area contributed by atoms with Gasteiger partial charge in [-0.15, -0.1) is 0 Å². The summed E-state index contributed by atoms with van der Waals surface area (Å²) < 4.78 is 24.5. The van der Waals surface area contributed by atoms with Gasteiger partial charge >= 0.3 is 0 Å². The molecule has 0 fully saturated rings. The average molecular weight is 207 g/mol. The fourth-order valence-electron chi connectivity index (χ4n) is 0.820. The van der Waals surface area contributed by atoms with Crippen LogP contribution >= 0.6 is 11.6 Å². The Hall–Kier alpha value is -1.23. The maximum atomic E-state index is 12.2. The van der Waals surface area contributed by atoms with Gasteiger partial charge in [0.05, 0.1) is 0 Å². The lowest BCUT2D eigenvalue weighted by molar-refractivity contribution is 0.0980. The van der Waals surface area contributed by atoms with E-state index >= 15 is 0 Å². The molecule has 6 heteroatoms. The summed E-state index contributed by atoms with van der Waals surface area (Å²) in [6.45, 7) is 0. The zero-order valence-corrected chi connectivity index (χ0v) is 7.05. The molecule has 13 heavy (non-hydrogen) atoms. The van der Waals surface area contributed by atoms with Crippen LogP contribution in [0.15, 0.2) is 12.1 Å². The quantitative estimate of drug-likeness (QED) is 0.750. The third-order valence-electron chi connectivity index (χ3n) is 1.36. The number of carbonyl (C=O) groups excluding carboxylic acids is 1. The fourth-order valence-corrected chi connectivity index (χ4v) is 0.967. The van der Waals surface area contributed by atoms with Gasteiger partial charge in [-0.05, 0) is 12.1 Å². The van der Waals surface area contributed by atoms with Gasteiger partial charge in [-0.1, -0.05) is 11.6 Å². The van der Waals surface area contributed by atoms with Crippen LogP contribution < -0.4 is 5.73 Å². The minimum absolute atomic E-state index is 0.0433. The van der Waals surface area contributed by atoms with Crippen LogP contribution in [0.4, 0.5) is 8.78 Å². The first kappa shape index (κ1) is 9.85. The highest BCUT2D eigenvalue weighted by atomic mass is 35.5. The van der Waals surface area contributed by atoms with Gasteiger partial charge in [-0.25, -0.2) is 13.8 Å². The van der Waals surface area contributed by atoms with Crippen LogP contribution in [0.25, 0.3) is 0 Å². The Morgan fingerprint density at radius 1 is 1.54 bits per heavy atom. The number of primary amides is 1. The molecule has 1 heterocycles.